The molecule has 0 unspecified atom stereocenters. The Morgan fingerprint density at radius 3 is 2.54 bits per heavy atom. The summed E-state index contributed by atoms with van der Waals surface area (Å²) < 4.78 is 16.5. The van der Waals surface area contributed by atoms with E-state index in [-0.39, 0.29) is 12.5 Å². The molecule has 0 bridgehead atoms. The van der Waals surface area contributed by atoms with Crippen LogP contribution in [0.15, 0.2) is 23.2 Å². The van der Waals surface area contributed by atoms with Gasteiger partial charge >= 0.3 is 5.97 Å². The van der Waals surface area contributed by atoms with Gasteiger partial charge in [-0.15, -0.1) is 0 Å². The third-order valence-electron chi connectivity index (χ3n) is 3.48. The molecule has 1 aromatic carbocycles. The molecule has 0 atom stereocenters. The predicted octanol–water partition coefficient (Wildman–Crippen LogP) is 2.81. The zero-order valence-corrected chi connectivity index (χ0v) is 18.1. The summed E-state index contributed by atoms with van der Waals surface area (Å²) in [6.07, 6.45) is 0. The van der Waals surface area contributed by atoms with Crippen LogP contribution in [0.1, 0.15) is 45.7 Å². The van der Waals surface area contributed by atoms with Crippen molar-refractivity contribution in [1.82, 2.24) is 10.6 Å². The highest BCUT2D eigenvalue weighted by molar-refractivity contribution is 5.84. The molecule has 0 aliphatic carbocycles. The SMILES string of the molecule is CCNC(=NCc1ccc(C)cc1OCCOCC)NCC(=O)OC(C)(C)C. The Morgan fingerprint density at radius 1 is 1.14 bits per heavy atom. The summed E-state index contributed by atoms with van der Waals surface area (Å²) in [5, 5.41) is 6.14. The summed E-state index contributed by atoms with van der Waals surface area (Å²) in [6.45, 7) is 14.3. The van der Waals surface area contributed by atoms with E-state index in [1.807, 2.05) is 59.7 Å². The van der Waals surface area contributed by atoms with Crippen LogP contribution in [0.5, 0.6) is 5.75 Å². The van der Waals surface area contributed by atoms with E-state index < -0.39 is 5.60 Å². The number of benzene rings is 1. The molecular formula is C21H35N3O4. The predicted molar refractivity (Wildman–Crippen MR) is 112 cm³/mol. The lowest BCUT2D eigenvalue weighted by Crippen LogP contribution is -2.41. The molecule has 7 nitrogen and oxygen atoms in total. The van der Waals surface area contributed by atoms with Crippen LogP contribution in [0.3, 0.4) is 0 Å². The summed E-state index contributed by atoms with van der Waals surface area (Å²) >= 11 is 0. The van der Waals surface area contributed by atoms with E-state index in [9.17, 15) is 4.79 Å². The van der Waals surface area contributed by atoms with Gasteiger partial charge in [-0.25, -0.2) is 4.99 Å². The first-order valence-electron chi connectivity index (χ1n) is 9.79. The van der Waals surface area contributed by atoms with E-state index >= 15 is 0 Å². The molecule has 28 heavy (non-hydrogen) atoms. The summed E-state index contributed by atoms with van der Waals surface area (Å²) in [5.41, 5.74) is 1.58. The molecule has 0 amide bonds. The second-order valence-electron chi connectivity index (χ2n) is 7.29. The lowest BCUT2D eigenvalue weighted by Gasteiger charge is -2.20. The second kappa shape index (κ2) is 12.2. The molecule has 0 saturated heterocycles. The fourth-order valence-corrected chi connectivity index (χ4v) is 2.32. The van der Waals surface area contributed by atoms with Gasteiger partial charge in [0.05, 0.1) is 13.2 Å². The van der Waals surface area contributed by atoms with E-state index in [1.165, 1.54) is 0 Å². The van der Waals surface area contributed by atoms with Crippen LogP contribution in [0.2, 0.25) is 0 Å². The largest absolute Gasteiger partial charge is 0.491 e. The van der Waals surface area contributed by atoms with Gasteiger partial charge in [0, 0.05) is 18.7 Å². The Morgan fingerprint density at radius 2 is 1.89 bits per heavy atom. The van der Waals surface area contributed by atoms with E-state index in [4.69, 9.17) is 14.2 Å². The summed E-state index contributed by atoms with van der Waals surface area (Å²) in [7, 11) is 0. The van der Waals surface area contributed by atoms with Gasteiger partial charge in [-0.1, -0.05) is 12.1 Å². The van der Waals surface area contributed by atoms with E-state index in [0.717, 1.165) is 16.9 Å². The first-order valence-corrected chi connectivity index (χ1v) is 9.79. The van der Waals surface area contributed by atoms with Gasteiger partial charge < -0.3 is 24.8 Å². The lowest BCUT2D eigenvalue weighted by molar-refractivity contribution is -0.153. The minimum atomic E-state index is -0.510. The quantitative estimate of drug-likeness (QED) is 0.275. The maximum absolute atomic E-state index is 11.9. The number of carbonyl (C=O) groups is 1. The van der Waals surface area contributed by atoms with Crippen molar-refractivity contribution >= 4 is 11.9 Å². The number of aliphatic imine (C=N–C) groups is 1. The van der Waals surface area contributed by atoms with Gasteiger partial charge in [0.2, 0.25) is 0 Å². The van der Waals surface area contributed by atoms with Crippen LogP contribution in [-0.4, -0.2) is 50.4 Å². The number of esters is 1. The van der Waals surface area contributed by atoms with Crippen molar-refractivity contribution in [3.63, 3.8) is 0 Å². The van der Waals surface area contributed by atoms with Gasteiger partial charge in [-0.3, -0.25) is 4.79 Å². The number of ether oxygens (including phenoxy) is 3. The highest BCUT2D eigenvalue weighted by Gasteiger charge is 2.16. The number of hydrogen-bond donors (Lipinski definition) is 2. The van der Waals surface area contributed by atoms with E-state index in [2.05, 4.69) is 15.6 Å². The average Bonchev–Trinajstić information content (AvgIpc) is 2.61. The van der Waals surface area contributed by atoms with Crippen molar-refractivity contribution in [2.24, 2.45) is 4.99 Å². The van der Waals surface area contributed by atoms with Crippen LogP contribution in [-0.2, 0) is 20.8 Å². The Labute approximate surface area is 168 Å². The zero-order chi connectivity index (χ0) is 21.0. The van der Waals surface area contributed by atoms with Crippen LogP contribution in [0.25, 0.3) is 0 Å². The number of nitrogens with zero attached hydrogens (tertiary/aromatic N) is 1. The number of hydrogen-bond acceptors (Lipinski definition) is 5. The zero-order valence-electron chi connectivity index (χ0n) is 18.1. The molecule has 7 heteroatoms. The van der Waals surface area contributed by atoms with Crippen LogP contribution < -0.4 is 15.4 Å². The van der Waals surface area contributed by atoms with Gasteiger partial charge in [0.25, 0.3) is 0 Å². The van der Waals surface area contributed by atoms with Crippen molar-refractivity contribution in [3.8, 4) is 5.75 Å². The number of rotatable bonds is 10. The Bertz CT molecular complexity index is 639. The average molecular weight is 394 g/mol. The first-order chi connectivity index (χ1) is 13.2. The van der Waals surface area contributed by atoms with Crippen molar-refractivity contribution in [2.45, 2.75) is 53.7 Å². The molecule has 0 saturated carbocycles. The maximum Gasteiger partial charge on any atom is 0.325 e. The lowest BCUT2D eigenvalue weighted by atomic mass is 10.1. The topological polar surface area (TPSA) is 81.2 Å². The molecule has 1 aromatic rings. The van der Waals surface area contributed by atoms with Crippen molar-refractivity contribution in [3.05, 3.63) is 29.3 Å². The van der Waals surface area contributed by atoms with Gasteiger partial charge in [-0.05, 0) is 53.2 Å². The summed E-state index contributed by atoms with van der Waals surface area (Å²) in [5.74, 6) is 1.02. The number of guanidine groups is 1. The molecule has 0 radical (unpaired) electrons. The van der Waals surface area contributed by atoms with Crippen molar-refractivity contribution < 1.29 is 19.0 Å². The standard InChI is InChI=1S/C21H35N3O4/c1-7-22-20(24-15-19(25)28-21(4,5)6)23-14-17-10-9-16(3)13-18(17)27-12-11-26-8-2/h9-10,13H,7-8,11-12,14-15H2,1-6H3,(H2,22,23,24). The third kappa shape index (κ3) is 10.2. The van der Waals surface area contributed by atoms with Gasteiger partial charge in [0.15, 0.2) is 5.96 Å². The molecule has 158 valence electrons. The Kier molecular flexibility index (Phi) is 10.4. The first kappa shape index (κ1) is 23.8. The minimum absolute atomic E-state index is 0.0503. The fourth-order valence-electron chi connectivity index (χ4n) is 2.32. The van der Waals surface area contributed by atoms with Crippen molar-refractivity contribution in [2.75, 3.05) is 32.9 Å². The normalized spacial score (nSPS) is 11.9. The molecule has 0 spiro atoms. The molecular weight excluding hydrogens is 358 g/mol. The smallest absolute Gasteiger partial charge is 0.325 e. The van der Waals surface area contributed by atoms with Crippen LogP contribution in [0, 0.1) is 6.92 Å². The Hall–Kier alpha value is -2.28. The number of nitrogens with one attached hydrogen (secondary N) is 2. The van der Waals surface area contributed by atoms with Crippen molar-refractivity contribution in [1.29, 1.82) is 0 Å². The third-order valence-corrected chi connectivity index (χ3v) is 3.48. The second-order valence-corrected chi connectivity index (χ2v) is 7.29. The Balaban J connectivity index is 2.73. The molecule has 0 aromatic heterocycles. The molecule has 0 heterocycles. The monoisotopic (exact) mass is 393 g/mol. The van der Waals surface area contributed by atoms with Crippen LogP contribution in [0.4, 0.5) is 0 Å². The fraction of sp³-hybridized carbons (Fsp3) is 0.619. The molecule has 0 aliphatic heterocycles. The van der Waals surface area contributed by atoms with Gasteiger partial charge in [-0.2, -0.15) is 0 Å². The van der Waals surface area contributed by atoms with E-state index in [1.54, 1.807) is 0 Å². The van der Waals surface area contributed by atoms with Gasteiger partial charge in [0.1, 0.15) is 24.5 Å². The molecule has 0 fully saturated rings. The molecule has 0 aliphatic rings. The minimum Gasteiger partial charge on any atom is -0.491 e. The molecule has 2 N–H and O–H groups in total. The number of aryl methyl sites for hydroxylation is 1. The maximum atomic E-state index is 11.9. The summed E-state index contributed by atoms with van der Waals surface area (Å²) in [6, 6.07) is 6.03. The van der Waals surface area contributed by atoms with E-state index in [0.29, 0.717) is 38.9 Å². The summed E-state index contributed by atoms with van der Waals surface area (Å²) in [4.78, 5) is 16.5. The van der Waals surface area contributed by atoms with Crippen LogP contribution >= 0.6 is 0 Å². The molecule has 1 rings (SSSR count). The number of carbonyl (C=O) groups excluding carboxylic acids is 1. The highest BCUT2D eigenvalue weighted by Crippen LogP contribution is 2.21. The highest BCUT2D eigenvalue weighted by atomic mass is 16.6.